The molecular formula is C17H20Cl2O. The third-order valence-corrected chi connectivity index (χ3v) is 5.50. The fraction of sp³-hybridized carbons (Fsp3) is 0.588. The predicted molar refractivity (Wildman–Crippen MR) is 83.8 cm³/mol. The number of carbonyl (C=O) groups is 1. The Balaban J connectivity index is 1.92. The second kappa shape index (κ2) is 6.07. The van der Waals surface area contributed by atoms with Crippen molar-refractivity contribution in [2.75, 3.05) is 0 Å². The Morgan fingerprint density at radius 1 is 1.00 bits per heavy atom. The van der Waals surface area contributed by atoms with Crippen LogP contribution in [0.3, 0.4) is 0 Å². The number of fused-ring (bicyclic) bond motifs is 1. The Morgan fingerprint density at radius 3 is 2.35 bits per heavy atom. The Labute approximate surface area is 130 Å². The summed E-state index contributed by atoms with van der Waals surface area (Å²) in [5, 5.41) is 0.586. The summed E-state index contributed by atoms with van der Waals surface area (Å²) in [5.74, 6) is 0.452. The first-order valence-electron chi connectivity index (χ1n) is 7.68. The highest BCUT2D eigenvalue weighted by atomic mass is 35.5. The van der Waals surface area contributed by atoms with Crippen LogP contribution >= 0.6 is 23.2 Å². The zero-order valence-corrected chi connectivity index (χ0v) is 13.1. The van der Waals surface area contributed by atoms with Crippen molar-refractivity contribution in [3.8, 4) is 0 Å². The fourth-order valence-electron chi connectivity index (χ4n) is 3.79. The van der Waals surface area contributed by atoms with E-state index in [1.165, 1.54) is 49.7 Å². The zero-order chi connectivity index (χ0) is 14.1. The zero-order valence-electron chi connectivity index (χ0n) is 11.6. The molecule has 0 bridgehead atoms. The van der Waals surface area contributed by atoms with Crippen LogP contribution in [0.1, 0.15) is 73.5 Å². The molecule has 1 saturated carbocycles. The van der Waals surface area contributed by atoms with E-state index in [-0.39, 0.29) is 11.2 Å². The first kappa shape index (κ1) is 14.4. The topological polar surface area (TPSA) is 17.1 Å². The number of aryl methyl sites for hydroxylation is 1. The quantitative estimate of drug-likeness (QED) is 0.515. The average Bonchev–Trinajstić information content (AvgIpc) is 2.65. The van der Waals surface area contributed by atoms with Crippen molar-refractivity contribution in [3.63, 3.8) is 0 Å². The number of hydrogen-bond donors (Lipinski definition) is 0. The first-order valence-corrected chi connectivity index (χ1v) is 8.44. The molecule has 2 aliphatic rings. The Bertz CT molecular complexity index is 516. The molecule has 2 aliphatic carbocycles. The third-order valence-electron chi connectivity index (χ3n) is 4.91. The highest BCUT2D eigenvalue weighted by Crippen LogP contribution is 2.42. The summed E-state index contributed by atoms with van der Waals surface area (Å²) < 4.78 is 0. The van der Waals surface area contributed by atoms with Crippen LogP contribution in [0.4, 0.5) is 0 Å². The molecule has 0 saturated heterocycles. The van der Waals surface area contributed by atoms with Gasteiger partial charge in [0, 0.05) is 5.02 Å². The molecule has 1 aromatic carbocycles. The van der Waals surface area contributed by atoms with Crippen LogP contribution < -0.4 is 0 Å². The third kappa shape index (κ3) is 2.76. The van der Waals surface area contributed by atoms with Crippen molar-refractivity contribution in [1.82, 2.24) is 0 Å². The van der Waals surface area contributed by atoms with Gasteiger partial charge in [0.2, 0.25) is 5.24 Å². The van der Waals surface area contributed by atoms with Gasteiger partial charge in [0.05, 0.1) is 5.92 Å². The monoisotopic (exact) mass is 310 g/mol. The van der Waals surface area contributed by atoms with E-state index in [0.717, 1.165) is 23.4 Å². The minimum Gasteiger partial charge on any atom is -0.281 e. The van der Waals surface area contributed by atoms with Gasteiger partial charge < -0.3 is 0 Å². The van der Waals surface area contributed by atoms with Crippen molar-refractivity contribution in [3.05, 3.63) is 33.8 Å². The lowest BCUT2D eigenvalue weighted by Gasteiger charge is -2.18. The molecule has 1 nitrogen and oxygen atoms in total. The van der Waals surface area contributed by atoms with E-state index < -0.39 is 0 Å². The molecule has 1 atom stereocenters. The molecule has 0 amide bonds. The minimum absolute atomic E-state index is 0.146. The van der Waals surface area contributed by atoms with Gasteiger partial charge >= 0.3 is 0 Å². The number of rotatable bonds is 2. The number of carbonyl (C=O) groups excluding carboxylic acids is 1. The van der Waals surface area contributed by atoms with Crippen LogP contribution in [0, 0.1) is 0 Å². The van der Waals surface area contributed by atoms with E-state index in [0.29, 0.717) is 5.92 Å². The van der Waals surface area contributed by atoms with Gasteiger partial charge in [-0.3, -0.25) is 4.79 Å². The van der Waals surface area contributed by atoms with Crippen LogP contribution in [-0.2, 0) is 11.2 Å². The maximum Gasteiger partial charge on any atom is 0.229 e. The summed E-state index contributed by atoms with van der Waals surface area (Å²) in [6, 6.07) is 4.27. The Morgan fingerprint density at radius 2 is 1.70 bits per heavy atom. The Kier molecular flexibility index (Phi) is 4.37. The van der Waals surface area contributed by atoms with Gasteiger partial charge in [0.15, 0.2) is 0 Å². The molecule has 0 radical (unpaired) electrons. The molecule has 3 rings (SSSR count). The number of halogens is 2. The molecule has 0 aromatic heterocycles. The van der Waals surface area contributed by atoms with Crippen LogP contribution in [-0.4, -0.2) is 5.24 Å². The van der Waals surface area contributed by atoms with E-state index >= 15 is 0 Å². The Hall–Kier alpha value is -0.530. The second-order valence-corrected chi connectivity index (χ2v) is 6.94. The molecule has 0 heterocycles. The molecular weight excluding hydrogens is 291 g/mol. The standard InChI is InChI=1S/C17H20Cl2O/c18-16-10-14-12(7-8-13(14)17(19)20)9-15(16)11-5-3-1-2-4-6-11/h9-11,13H,1-8H2. The summed E-state index contributed by atoms with van der Waals surface area (Å²) >= 11 is 12.2. The van der Waals surface area contributed by atoms with Gasteiger partial charge in [0.25, 0.3) is 0 Å². The molecule has 20 heavy (non-hydrogen) atoms. The fourth-order valence-corrected chi connectivity index (χ4v) is 4.34. The molecule has 1 aromatic rings. The van der Waals surface area contributed by atoms with Gasteiger partial charge in [-0.1, -0.05) is 43.4 Å². The summed E-state index contributed by atoms with van der Waals surface area (Å²) in [5.41, 5.74) is 3.65. The first-order chi connectivity index (χ1) is 9.66. The highest BCUT2D eigenvalue weighted by molar-refractivity contribution is 6.64. The maximum absolute atomic E-state index is 11.5. The van der Waals surface area contributed by atoms with E-state index in [2.05, 4.69) is 6.07 Å². The molecule has 3 heteroatoms. The van der Waals surface area contributed by atoms with E-state index in [1.54, 1.807) is 0 Å². The number of benzene rings is 1. The van der Waals surface area contributed by atoms with Crippen LogP contribution in [0.25, 0.3) is 0 Å². The lowest BCUT2D eigenvalue weighted by molar-refractivity contribution is -0.112. The van der Waals surface area contributed by atoms with Gasteiger partial charge in [0.1, 0.15) is 0 Å². The molecule has 108 valence electrons. The van der Waals surface area contributed by atoms with Crippen LogP contribution in [0.2, 0.25) is 5.02 Å². The summed E-state index contributed by atoms with van der Waals surface area (Å²) in [6.07, 6.45) is 9.59. The van der Waals surface area contributed by atoms with Gasteiger partial charge in [-0.15, -0.1) is 0 Å². The van der Waals surface area contributed by atoms with Crippen molar-refractivity contribution in [2.45, 2.75) is 63.2 Å². The minimum atomic E-state index is -0.248. The smallest absolute Gasteiger partial charge is 0.229 e. The largest absolute Gasteiger partial charge is 0.281 e. The molecule has 1 unspecified atom stereocenters. The van der Waals surface area contributed by atoms with E-state index in [9.17, 15) is 4.79 Å². The molecule has 0 N–H and O–H groups in total. The highest BCUT2D eigenvalue weighted by Gasteiger charge is 2.29. The van der Waals surface area contributed by atoms with Crippen LogP contribution in [0.5, 0.6) is 0 Å². The second-order valence-electron chi connectivity index (χ2n) is 6.16. The van der Waals surface area contributed by atoms with Gasteiger partial charge in [-0.2, -0.15) is 0 Å². The molecule has 0 spiro atoms. The average molecular weight is 311 g/mol. The van der Waals surface area contributed by atoms with Crippen molar-refractivity contribution >= 4 is 28.4 Å². The SMILES string of the molecule is O=C(Cl)C1CCc2cc(C3CCCCCC3)c(Cl)cc21. The number of hydrogen-bond acceptors (Lipinski definition) is 1. The normalized spacial score (nSPS) is 23.4. The van der Waals surface area contributed by atoms with Crippen molar-refractivity contribution < 1.29 is 4.79 Å². The van der Waals surface area contributed by atoms with E-state index in [4.69, 9.17) is 23.2 Å². The van der Waals surface area contributed by atoms with E-state index in [1.807, 2.05) is 6.07 Å². The lowest BCUT2D eigenvalue weighted by Crippen LogP contribution is -2.04. The molecule has 0 aliphatic heterocycles. The van der Waals surface area contributed by atoms with Gasteiger partial charge in [-0.05, 0) is 66.0 Å². The van der Waals surface area contributed by atoms with Crippen molar-refractivity contribution in [1.29, 1.82) is 0 Å². The molecule has 1 fully saturated rings. The lowest BCUT2D eigenvalue weighted by atomic mass is 9.89. The predicted octanol–water partition coefficient (Wildman–Crippen LogP) is 5.57. The summed E-state index contributed by atoms with van der Waals surface area (Å²) in [7, 11) is 0. The van der Waals surface area contributed by atoms with Crippen LogP contribution in [0.15, 0.2) is 12.1 Å². The maximum atomic E-state index is 11.5. The summed E-state index contributed by atoms with van der Waals surface area (Å²) in [6.45, 7) is 0. The summed E-state index contributed by atoms with van der Waals surface area (Å²) in [4.78, 5) is 11.5. The van der Waals surface area contributed by atoms with Crippen molar-refractivity contribution in [2.24, 2.45) is 0 Å². The van der Waals surface area contributed by atoms with Gasteiger partial charge in [-0.25, -0.2) is 0 Å².